The van der Waals surface area contributed by atoms with Crippen LogP contribution in [0.5, 0.6) is 0 Å². The molecule has 0 radical (unpaired) electrons. The minimum atomic E-state index is -4.44. The van der Waals surface area contributed by atoms with E-state index in [0.717, 1.165) is 37.0 Å². The van der Waals surface area contributed by atoms with Crippen molar-refractivity contribution in [3.63, 3.8) is 0 Å². The minimum Gasteiger partial charge on any atom is -0.332 e. The van der Waals surface area contributed by atoms with Crippen molar-refractivity contribution in [2.24, 2.45) is 5.92 Å². The van der Waals surface area contributed by atoms with Gasteiger partial charge in [0, 0.05) is 23.2 Å². The number of hydrogen-bond donors (Lipinski definition) is 2. The fourth-order valence-corrected chi connectivity index (χ4v) is 6.24. The lowest BCUT2D eigenvalue weighted by Gasteiger charge is -2.28. The molecule has 1 aromatic heterocycles. The van der Waals surface area contributed by atoms with Crippen molar-refractivity contribution in [3.8, 4) is 0 Å². The summed E-state index contributed by atoms with van der Waals surface area (Å²) in [4.78, 5) is 45.7. The first-order valence-electron chi connectivity index (χ1n) is 12.4. The highest BCUT2D eigenvalue weighted by Crippen LogP contribution is 2.47. The predicted octanol–water partition coefficient (Wildman–Crippen LogP) is 5.90. The topological polar surface area (TPSA) is 94.6 Å². The van der Waals surface area contributed by atoms with Crippen LogP contribution in [0.4, 0.5) is 34.3 Å². The Kier molecular flexibility index (Phi) is 6.57. The number of hydrogen-bond acceptors (Lipinski definition) is 5. The molecule has 0 spiro atoms. The number of thioether (sulfide) groups is 1. The van der Waals surface area contributed by atoms with Crippen LogP contribution < -0.4 is 15.5 Å². The summed E-state index contributed by atoms with van der Waals surface area (Å²) < 4.78 is 38.0. The molecule has 5 rings (SSSR count). The zero-order valence-electron chi connectivity index (χ0n) is 21.0. The third-order valence-corrected chi connectivity index (χ3v) is 8.42. The van der Waals surface area contributed by atoms with Crippen LogP contribution in [0, 0.1) is 5.92 Å². The number of aromatic nitrogens is 1. The van der Waals surface area contributed by atoms with Gasteiger partial charge < -0.3 is 10.2 Å². The number of carbonyl (C=O) groups is 3. The summed E-state index contributed by atoms with van der Waals surface area (Å²) in [6, 6.07) is 7.56. The van der Waals surface area contributed by atoms with Crippen LogP contribution in [0.2, 0.25) is 0 Å². The molecule has 12 heteroatoms. The number of alkyl halides is 3. The molecule has 1 aliphatic heterocycles. The van der Waals surface area contributed by atoms with E-state index in [0.29, 0.717) is 17.3 Å². The SMILES string of the molecule is CC1(C)C(=O)N(c2ccc(SC(F)(F)F)cc2)C(=O)N1Cc1ccnc(NC(=O)NC23CCC(CC2)C3)c1. The van der Waals surface area contributed by atoms with Gasteiger partial charge in [-0.1, -0.05) is 0 Å². The maximum absolute atomic E-state index is 13.3. The van der Waals surface area contributed by atoms with Crippen LogP contribution in [-0.4, -0.2) is 44.4 Å². The Bertz CT molecular complexity index is 1260. The summed E-state index contributed by atoms with van der Waals surface area (Å²) in [5.74, 6) is 0.530. The molecule has 2 bridgehead atoms. The summed E-state index contributed by atoms with van der Waals surface area (Å²) in [5, 5.41) is 5.91. The largest absolute Gasteiger partial charge is 0.446 e. The van der Waals surface area contributed by atoms with Gasteiger partial charge >= 0.3 is 17.6 Å². The summed E-state index contributed by atoms with van der Waals surface area (Å²) in [6.45, 7) is 3.30. The summed E-state index contributed by atoms with van der Waals surface area (Å²) in [7, 11) is 0. The lowest BCUT2D eigenvalue weighted by atomic mass is 9.94. The number of anilines is 2. The van der Waals surface area contributed by atoms with Crippen LogP contribution in [0.1, 0.15) is 51.5 Å². The number of rotatable bonds is 6. The van der Waals surface area contributed by atoms with E-state index in [-0.39, 0.29) is 40.5 Å². The van der Waals surface area contributed by atoms with E-state index in [1.165, 1.54) is 35.4 Å². The van der Waals surface area contributed by atoms with Gasteiger partial charge in [0.15, 0.2) is 0 Å². The van der Waals surface area contributed by atoms with Gasteiger partial charge in [0.1, 0.15) is 11.4 Å². The van der Waals surface area contributed by atoms with E-state index in [1.807, 2.05) is 0 Å². The smallest absolute Gasteiger partial charge is 0.332 e. The zero-order chi connectivity index (χ0) is 27.3. The molecular formula is C26H28F3N5O3S. The van der Waals surface area contributed by atoms with Gasteiger partial charge in [-0.15, -0.1) is 0 Å². The molecule has 2 aliphatic carbocycles. The number of amides is 5. The van der Waals surface area contributed by atoms with Crippen molar-refractivity contribution in [1.82, 2.24) is 15.2 Å². The Labute approximate surface area is 222 Å². The number of benzene rings is 1. The van der Waals surface area contributed by atoms with Gasteiger partial charge in [-0.2, -0.15) is 13.2 Å². The second-order valence-electron chi connectivity index (χ2n) is 10.7. The summed E-state index contributed by atoms with van der Waals surface area (Å²) in [6.07, 6.45) is 6.78. The molecule has 3 aliphatic rings. The highest BCUT2D eigenvalue weighted by Gasteiger charge is 2.52. The number of carbonyl (C=O) groups excluding carboxylic acids is 3. The number of fused-ring (bicyclic) bond motifs is 2. The maximum atomic E-state index is 13.3. The molecule has 38 heavy (non-hydrogen) atoms. The normalized spacial score (nSPS) is 24.3. The van der Waals surface area contributed by atoms with Crippen LogP contribution in [-0.2, 0) is 11.3 Å². The fraction of sp³-hybridized carbons (Fsp3) is 0.462. The average molecular weight is 548 g/mol. The van der Waals surface area contributed by atoms with Gasteiger partial charge in [-0.25, -0.2) is 19.5 Å². The number of halogens is 3. The van der Waals surface area contributed by atoms with Gasteiger partial charge in [0.25, 0.3) is 5.91 Å². The molecule has 2 N–H and O–H groups in total. The van der Waals surface area contributed by atoms with Crippen molar-refractivity contribution in [3.05, 3.63) is 48.2 Å². The Balaban J connectivity index is 1.28. The molecule has 5 amide bonds. The van der Waals surface area contributed by atoms with E-state index in [4.69, 9.17) is 0 Å². The molecule has 8 nitrogen and oxygen atoms in total. The average Bonchev–Trinajstić information content (AvgIpc) is 3.47. The number of urea groups is 2. The third kappa shape index (κ3) is 5.18. The first-order valence-corrected chi connectivity index (χ1v) is 13.2. The van der Waals surface area contributed by atoms with Gasteiger partial charge in [0.05, 0.1) is 5.69 Å². The van der Waals surface area contributed by atoms with E-state index >= 15 is 0 Å². The van der Waals surface area contributed by atoms with Crippen LogP contribution in [0.3, 0.4) is 0 Å². The molecule has 0 unspecified atom stereocenters. The first kappa shape index (κ1) is 26.3. The Morgan fingerprint density at radius 2 is 1.82 bits per heavy atom. The summed E-state index contributed by atoms with van der Waals surface area (Å²) in [5.41, 5.74) is -4.93. The predicted molar refractivity (Wildman–Crippen MR) is 137 cm³/mol. The molecule has 3 fully saturated rings. The van der Waals surface area contributed by atoms with Crippen LogP contribution in [0.25, 0.3) is 0 Å². The molecule has 2 saturated carbocycles. The van der Waals surface area contributed by atoms with Crippen molar-refractivity contribution < 1.29 is 27.6 Å². The highest BCUT2D eigenvalue weighted by molar-refractivity contribution is 8.00. The second kappa shape index (κ2) is 9.48. The maximum Gasteiger partial charge on any atom is 0.446 e. The zero-order valence-corrected chi connectivity index (χ0v) is 21.8. The molecule has 202 valence electrons. The highest BCUT2D eigenvalue weighted by atomic mass is 32.2. The van der Waals surface area contributed by atoms with Gasteiger partial charge in [0.2, 0.25) is 0 Å². The molecule has 2 aromatic rings. The van der Waals surface area contributed by atoms with E-state index in [1.54, 1.807) is 26.0 Å². The Morgan fingerprint density at radius 3 is 2.42 bits per heavy atom. The number of nitrogens with one attached hydrogen (secondary N) is 2. The molecule has 1 saturated heterocycles. The number of nitrogens with zero attached hydrogens (tertiary/aromatic N) is 3. The summed E-state index contributed by atoms with van der Waals surface area (Å²) >= 11 is -0.266. The van der Waals surface area contributed by atoms with Crippen molar-refractivity contribution in [2.45, 2.75) is 74.0 Å². The monoisotopic (exact) mass is 547 g/mol. The van der Waals surface area contributed by atoms with Crippen molar-refractivity contribution >= 4 is 41.2 Å². The standard InChI is InChI=1S/C26H28F3N5O3S/c1-24(2)21(35)34(18-3-5-19(6-4-18)38-26(27,28)29)23(37)33(24)15-17-9-12-30-20(13-17)31-22(36)32-25-10-7-16(14-25)8-11-25/h3-6,9,12-13,16H,7-8,10-11,14-15H2,1-2H3,(H2,30,31,32,36). The molecule has 2 heterocycles. The van der Waals surface area contributed by atoms with Crippen LogP contribution in [0.15, 0.2) is 47.5 Å². The van der Waals surface area contributed by atoms with E-state index in [9.17, 15) is 27.6 Å². The van der Waals surface area contributed by atoms with Crippen molar-refractivity contribution in [1.29, 1.82) is 0 Å². The fourth-order valence-electron chi connectivity index (χ4n) is 5.70. The third-order valence-electron chi connectivity index (χ3n) is 7.68. The first-order chi connectivity index (χ1) is 17.9. The van der Waals surface area contributed by atoms with Crippen LogP contribution >= 0.6 is 11.8 Å². The van der Waals surface area contributed by atoms with E-state index < -0.39 is 23.0 Å². The Hall–Kier alpha value is -3.28. The lowest BCUT2D eigenvalue weighted by Crippen LogP contribution is -2.47. The molecule has 1 aromatic carbocycles. The molecular weight excluding hydrogens is 519 g/mol. The quantitative estimate of drug-likeness (QED) is 0.347. The molecule has 0 atom stereocenters. The number of pyridine rings is 1. The lowest BCUT2D eigenvalue weighted by molar-refractivity contribution is -0.123. The van der Waals surface area contributed by atoms with Gasteiger partial charge in [-0.3, -0.25) is 10.1 Å². The minimum absolute atomic E-state index is 0.0439. The van der Waals surface area contributed by atoms with Gasteiger partial charge in [-0.05, 0) is 106 Å². The van der Waals surface area contributed by atoms with E-state index in [2.05, 4.69) is 15.6 Å². The van der Waals surface area contributed by atoms with Crippen molar-refractivity contribution in [2.75, 3.05) is 10.2 Å². The number of imide groups is 1. The second-order valence-corrected chi connectivity index (χ2v) is 11.8. The Morgan fingerprint density at radius 1 is 1.13 bits per heavy atom.